The van der Waals surface area contributed by atoms with Crippen LogP contribution < -0.4 is 5.32 Å². The van der Waals surface area contributed by atoms with Gasteiger partial charge in [0, 0.05) is 12.5 Å². The van der Waals surface area contributed by atoms with E-state index in [2.05, 4.69) is 5.32 Å². The third-order valence-corrected chi connectivity index (χ3v) is 3.81. The van der Waals surface area contributed by atoms with Gasteiger partial charge in [0.1, 0.15) is 5.60 Å². The molecule has 0 radical (unpaired) electrons. The number of rotatable bonds is 1. The molecule has 0 amide bonds. The molecule has 0 unspecified atom stereocenters. The van der Waals surface area contributed by atoms with Gasteiger partial charge in [0.15, 0.2) is 0 Å². The van der Waals surface area contributed by atoms with Crippen molar-refractivity contribution in [2.75, 3.05) is 13.1 Å². The highest BCUT2D eigenvalue weighted by Crippen LogP contribution is 2.59. The first-order valence-electron chi connectivity index (χ1n) is 6.07. The fraction of sp³-hybridized carbons (Fsp3) is 0.917. The first-order valence-corrected chi connectivity index (χ1v) is 6.07. The second kappa shape index (κ2) is 3.85. The summed E-state index contributed by atoms with van der Waals surface area (Å²) >= 11 is 0. The largest absolute Gasteiger partial charge is 0.459 e. The molecule has 2 fully saturated rings. The molecule has 0 aromatic heterocycles. The molecule has 1 heterocycles. The van der Waals surface area contributed by atoms with Crippen molar-refractivity contribution in [3.8, 4) is 0 Å². The van der Waals surface area contributed by atoms with Crippen molar-refractivity contribution < 1.29 is 22.7 Å². The zero-order valence-electron chi connectivity index (χ0n) is 10.7. The molecule has 3 nitrogen and oxygen atoms in total. The van der Waals surface area contributed by atoms with E-state index >= 15 is 0 Å². The standard InChI is InChI=1S/C12H18F3NO2/c1-10(2,3)18-9(17)11-4-7(12(13,14)15)8(11)5-16-6-11/h7-8,16H,4-6H2,1-3H3/t7-,8+,11-/m0/s1. The molecule has 1 aliphatic heterocycles. The number of alkyl halides is 3. The van der Waals surface area contributed by atoms with Gasteiger partial charge in [0.25, 0.3) is 0 Å². The molecule has 1 aliphatic carbocycles. The summed E-state index contributed by atoms with van der Waals surface area (Å²) in [6, 6.07) is 0. The van der Waals surface area contributed by atoms with Crippen LogP contribution in [0.1, 0.15) is 27.2 Å². The number of fused-ring (bicyclic) bond motifs is 1. The van der Waals surface area contributed by atoms with E-state index in [0.717, 1.165) is 0 Å². The summed E-state index contributed by atoms with van der Waals surface area (Å²) in [5, 5.41) is 2.89. The van der Waals surface area contributed by atoms with Gasteiger partial charge in [-0.3, -0.25) is 4.79 Å². The molecule has 6 heteroatoms. The molecule has 2 aliphatic rings. The number of nitrogens with one attached hydrogen (secondary N) is 1. The molecule has 2 rings (SSSR count). The average molecular weight is 265 g/mol. The van der Waals surface area contributed by atoms with Crippen LogP contribution in [-0.4, -0.2) is 30.8 Å². The Morgan fingerprint density at radius 1 is 1.33 bits per heavy atom. The van der Waals surface area contributed by atoms with Crippen molar-refractivity contribution in [2.45, 2.75) is 39.0 Å². The summed E-state index contributed by atoms with van der Waals surface area (Å²) in [4.78, 5) is 12.1. The molecule has 1 N–H and O–H groups in total. The highest BCUT2D eigenvalue weighted by atomic mass is 19.4. The third kappa shape index (κ3) is 2.11. The lowest BCUT2D eigenvalue weighted by atomic mass is 9.55. The van der Waals surface area contributed by atoms with Crippen LogP contribution in [0.5, 0.6) is 0 Å². The Labute approximate surface area is 104 Å². The molecule has 3 atom stereocenters. The van der Waals surface area contributed by atoms with Crippen LogP contribution in [0.3, 0.4) is 0 Å². The second-order valence-electron chi connectivity index (χ2n) is 6.25. The maximum absolute atomic E-state index is 12.7. The summed E-state index contributed by atoms with van der Waals surface area (Å²) in [6.07, 6.45) is -4.37. The lowest BCUT2D eigenvalue weighted by molar-refractivity contribution is -0.246. The van der Waals surface area contributed by atoms with E-state index in [9.17, 15) is 18.0 Å². The van der Waals surface area contributed by atoms with Gasteiger partial charge in [-0.25, -0.2) is 0 Å². The Balaban J connectivity index is 2.12. The fourth-order valence-corrected chi connectivity index (χ4v) is 2.93. The first kappa shape index (κ1) is 13.6. The molecular weight excluding hydrogens is 247 g/mol. The van der Waals surface area contributed by atoms with Crippen LogP contribution in [-0.2, 0) is 9.53 Å². The SMILES string of the molecule is CC(C)(C)OC(=O)[C@@]12CNC[C@@H]1[C@@H](C(F)(F)F)C2. The number of esters is 1. The molecule has 104 valence electrons. The van der Waals surface area contributed by atoms with Gasteiger partial charge in [-0.15, -0.1) is 0 Å². The maximum Gasteiger partial charge on any atom is 0.392 e. The summed E-state index contributed by atoms with van der Waals surface area (Å²) in [7, 11) is 0. The van der Waals surface area contributed by atoms with E-state index in [-0.39, 0.29) is 13.0 Å². The Hall–Kier alpha value is -0.780. The van der Waals surface area contributed by atoms with Crippen LogP contribution in [0.4, 0.5) is 13.2 Å². The molecule has 1 saturated heterocycles. The molecule has 0 aromatic rings. The van der Waals surface area contributed by atoms with Gasteiger partial charge < -0.3 is 10.1 Å². The minimum atomic E-state index is -4.22. The highest BCUT2D eigenvalue weighted by molar-refractivity contribution is 5.80. The molecule has 0 spiro atoms. The minimum absolute atomic E-state index is 0.150. The molecule has 1 saturated carbocycles. The number of ether oxygens (including phenoxy) is 1. The lowest BCUT2D eigenvalue weighted by Crippen LogP contribution is -2.58. The molecule has 18 heavy (non-hydrogen) atoms. The van der Waals surface area contributed by atoms with Gasteiger partial charge in [0.2, 0.25) is 0 Å². The Bertz CT molecular complexity index is 361. The van der Waals surface area contributed by atoms with Crippen LogP contribution in [0.25, 0.3) is 0 Å². The minimum Gasteiger partial charge on any atom is -0.459 e. The van der Waals surface area contributed by atoms with E-state index in [1.54, 1.807) is 20.8 Å². The number of hydrogen-bond donors (Lipinski definition) is 1. The van der Waals surface area contributed by atoms with Crippen LogP contribution >= 0.6 is 0 Å². The van der Waals surface area contributed by atoms with E-state index < -0.39 is 35.0 Å². The zero-order valence-corrected chi connectivity index (χ0v) is 10.7. The summed E-state index contributed by atoms with van der Waals surface area (Å²) in [6.45, 7) is 5.69. The quantitative estimate of drug-likeness (QED) is 0.738. The van der Waals surface area contributed by atoms with Crippen LogP contribution in [0.15, 0.2) is 0 Å². The predicted octanol–water partition coefficient (Wildman–Crippen LogP) is 2.12. The van der Waals surface area contributed by atoms with E-state index in [4.69, 9.17) is 4.74 Å². The van der Waals surface area contributed by atoms with Crippen molar-refractivity contribution in [1.29, 1.82) is 0 Å². The van der Waals surface area contributed by atoms with Crippen LogP contribution in [0, 0.1) is 17.3 Å². The monoisotopic (exact) mass is 265 g/mol. The van der Waals surface area contributed by atoms with Gasteiger partial charge in [0.05, 0.1) is 11.3 Å². The van der Waals surface area contributed by atoms with Crippen molar-refractivity contribution >= 4 is 5.97 Å². The zero-order chi connectivity index (χ0) is 13.8. The van der Waals surface area contributed by atoms with Crippen molar-refractivity contribution in [2.24, 2.45) is 17.3 Å². The summed E-state index contributed by atoms with van der Waals surface area (Å²) in [5.74, 6) is -2.54. The van der Waals surface area contributed by atoms with Gasteiger partial charge in [-0.1, -0.05) is 0 Å². The number of hydrogen-bond acceptors (Lipinski definition) is 3. The molecule has 0 bridgehead atoms. The summed E-state index contributed by atoms with van der Waals surface area (Å²) in [5.41, 5.74) is -1.63. The van der Waals surface area contributed by atoms with Crippen LogP contribution in [0.2, 0.25) is 0 Å². The maximum atomic E-state index is 12.7. The average Bonchev–Trinajstić information content (AvgIpc) is 2.38. The Morgan fingerprint density at radius 2 is 1.94 bits per heavy atom. The summed E-state index contributed by atoms with van der Waals surface area (Å²) < 4.78 is 43.5. The number of carbonyl (C=O) groups is 1. The number of halogens is 3. The second-order valence-corrected chi connectivity index (χ2v) is 6.25. The Kier molecular flexibility index (Phi) is 2.92. The van der Waals surface area contributed by atoms with E-state index in [1.165, 1.54) is 0 Å². The number of carbonyl (C=O) groups excluding carboxylic acids is 1. The predicted molar refractivity (Wildman–Crippen MR) is 58.8 cm³/mol. The van der Waals surface area contributed by atoms with Gasteiger partial charge in [-0.05, 0) is 33.7 Å². The normalized spacial score (nSPS) is 35.9. The fourth-order valence-electron chi connectivity index (χ4n) is 2.93. The first-order chi connectivity index (χ1) is 8.06. The highest BCUT2D eigenvalue weighted by Gasteiger charge is 2.69. The lowest BCUT2D eigenvalue weighted by Gasteiger charge is -2.49. The van der Waals surface area contributed by atoms with Crippen molar-refractivity contribution in [1.82, 2.24) is 5.32 Å². The molecule has 0 aromatic carbocycles. The van der Waals surface area contributed by atoms with E-state index in [0.29, 0.717) is 6.54 Å². The van der Waals surface area contributed by atoms with Gasteiger partial charge in [-0.2, -0.15) is 13.2 Å². The topological polar surface area (TPSA) is 38.3 Å². The Morgan fingerprint density at radius 3 is 2.44 bits per heavy atom. The van der Waals surface area contributed by atoms with Gasteiger partial charge >= 0.3 is 12.1 Å². The molecular formula is C12H18F3NO2. The third-order valence-electron chi connectivity index (χ3n) is 3.81. The van der Waals surface area contributed by atoms with Crippen molar-refractivity contribution in [3.05, 3.63) is 0 Å². The van der Waals surface area contributed by atoms with E-state index in [1.807, 2.05) is 0 Å². The van der Waals surface area contributed by atoms with Crippen molar-refractivity contribution in [3.63, 3.8) is 0 Å². The smallest absolute Gasteiger partial charge is 0.392 e.